The van der Waals surface area contributed by atoms with Crippen LogP contribution in [0.5, 0.6) is 5.75 Å². The Labute approximate surface area is 194 Å². The second kappa shape index (κ2) is 9.59. The van der Waals surface area contributed by atoms with Gasteiger partial charge in [-0.25, -0.2) is 4.98 Å². The molecule has 0 saturated carbocycles. The first-order valence-corrected chi connectivity index (χ1v) is 11.6. The number of fused-ring (bicyclic) bond motifs is 1. The fourth-order valence-corrected chi connectivity index (χ4v) is 4.54. The topological polar surface area (TPSA) is 47.4 Å². The number of methoxy groups -OCH3 is 1. The molecule has 0 radical (unpaired) electrons. The van der Waals surface area contributed by atoms with Gasteiger partial charge < -0.3 is 4.74 Å². The van der Waals surface area contributed by atoms with Crippen LogP contribution in [0, 0.1) is 0 Å². The van der Waals surface area contributed by atoms with E-state index < -0.39 is 0 Å². The molecule has 0 unspecified atom stereocenters. The molecule has 2 heterocycles. The molecule has 33 heavy (non-hydrogen) atoms. The Hall–Kier alpha value is -3.44. The van der Waals surface area contributed by atoms with Crippen molar-refractivity contribution in [3.63, 3.8) is 0 Å². The summed E-state index contributed by atoms with van der Waals surface area (Å²) < 4.78 is 6.95. The quantitative estimate of drug-likeness (QED) is 0.411. The number of nitrogens with zero attached hydrogens (tertiary/aromatic N) is 3. The minimum absolute atomic E-state index is 0.00642. The first-order valence-electron chi connectivity index (χ1n) is 11.6. The lowest BCUT2D eigenvalue weighted by Gasteiger charge is -2.14. The van der Waals surface area contributed by atoms with Gasteiger partial charge in [0.15, 0.2) is 0 Å². The summed E-state index contributed by atoms with van der Waals surface area (Å²) in [5.41, 5.74) is 5.42. The number of aromatic nitrogens is 2. The highest BCUT2D eigenvalue weighted by atomic mass is 16.5. The molecule has 5 nitrogen and oxygen atoms in total. The van der Waals surface area contributed by atoms with Crippen molar-refractivity contribution in [1.82, 2.24) is 14.5 Å². The fourth-order valence-electron chi connectivity index (χ4n) is 4.54. The molecule has 0 bridgehead atoms. The lowest BCUT2D eigenvalue weighted by atomic mass is 10.0. The van der Waals surface area contributed by atoms with Crippen molar-refractivity contribution < 1.29 is 4.74 Å². The maximum absolute atomic E-state index is 13.0. The van der Waals surface area contributed by atoms with Crippen LogP contribution >= 0.6 is 0 Å². The van der Waals surface area contributed by atoms with Crippen molar-refractivity contribution in [3.8, 4) is 16.9 Å². The van der Waals surface area contributed by atoms with Gasteiger partial charge in [0.05, 0.1) is 24.3 Å². The van der Waals surface area contributed by atoms with Gasteiger partial charge in [0.25, 0.3) is 5.56 Å². The van der Waals surface area contributed by atoms with E-state index in [4.69, 9.17) is 4.74 Å². The van der Waals surface area contributed by atoms with Gasteiger partial charge in [-0.3, -0.25) is 14.3 Å². The molecule has 0 spiro atoms. The number of aryl methyl sites for hydroxylation is 2. The molecule has 0 N–H and O–H groups in total. The van der Waals surface area contributed by atoms with Crippen molar-refractivity contribution in [1.29, 1.82) is 0 Å². The molecule has 4 aromatic rings. The molecule has 5 rings (SSSR count). The first kappa shape index (κ1) is 21.4. The summed E-state index contributed by atoms with van der Waals surface area (Å²) >= 11 is 0. The summed E-state index contributed by atoms with van der Waals surface area (Å²) in [7, 11) is 1.66. The Bertz CT molecular complexity index is 1290. The summed E-state index contributed by atoms with van der Waals surface area (Å²) in [5, 5.41) is 0.649. The van der Waals surface area contributed by atoms with E-state index in [0.717, 1.165) is 35.4 Å². The summed E-state index contributed by atoms with van der Waals surface area (Å²) in [6.07, 6.45) is 5.11. The number of ether oxygens (including phenoxy) is 1. The van der Waals surface area contributed by atoms with Crippen molar-refractivity contribution in [2.75, 3.05) is 20.2 Å². The molecule has 1 fully saturated rings. The van der Waals surface area contributed by atoms with Gasteiger partial charge in [0, 0.05) is 13.1 Å². The number of benzene rings is 3. The molecule has 0 atom stereocenters. The smallest absolute Gasteiger partial charge is 0.261 e. The Morgan fingerprint density at radius 1 is 0.879 bits per heavy atom. The van der Waals surface area contributed by atoms with Gasteiger partial charge in [0.1, 0.15) is 5.75 Å². The molecule has 168 valence electrons. The number of hydrogen-bond donors (Lipinski definition) is 0. The third kappa shape index (κ3) is 4.83. The van der Waals surface area contributed by atoms with Crippen LogP contribution in [0.4, 0.5) is 0 Å². The van der Waals surface area contributed by atoms with E-state index in [1.165, 1.54) is 37.1 Å². The van der Waals surface area contributed by atoms with Crippen LogP contribution in [0.15, 0.2) is 77.9 Å². The van der Waals surface area contributed by atoms with Gasteiger partial charge in [-0.2, -0.15) is 0 Å². The minimum atomic E-state index is 0.00642. The highest BCUT2D eigenvalue weighted by Gasteiger charge is 2.11. The molecular formula is C28H29N3O2. The lowest BCUT2D eigenvalue weighted by Crippen LogP contribution is -2.21. The van der Waals surface area contributed by atoms with Crippen LogP contribution in [-0.2, 0) is 19.5 Å². The van der Waals surface area contributed by atoms with Crippen LogP contribution < -0.4 is 10.3 Å². The number of rotatable bonds is 7. The summed E-state index contributed by atoms with van der Waals surface area (Å²) in [4.78, 5) is 20.1. The van der Waals surface area contributed by atoms with Crippen molar-refractivity contribution in [2.24, 2.45) is 0 Å². The van der Waals surface area contributed by atoms with Crippen molar-refractivity contribution in [3.05, 3.63) is 94.5 Å². The van der Waals surface area contributed by atoms with E-state index >= 15 is 0 Å². The zero-order valence-corrected chi connectivity index (χ0v) is 19.0. The van der Waals surface area contributed by atoms with Crippen LogP contribution in [0.1, 0.15) is 24.0 Å². The zero-order chi connectivity index (χ0) is 22.6. The molecule has 1 aliphatic heterocycles. The molecule has 1 saturated heterocycles. The first-order chi connectivity index (χ1) is 16.2. The summed E-state index contributed by atoms with van der Waals surface area (Å²) in [6.45, 7) is 4.07. The van der Waals surface area contributed by atoms with E-state index in [9.17, 15) is 4.79 Å². The van der Waals surface area contributed by atoms with Crippen LogP contribution in [0.25, 0.3) is 22.0 Å². The lowest BCUT2D eigenvalue weighted by molar-refractivity contribution is 0.331. The van der Waals surface area contributed by atoms with E-state index in [0.29, 0.717) is 11.9 Å². The molecule has 1 aromatic heterocycles. The standard InChI is InChI=1S/C28H29N3O2/c1-33-25-11-8-23(9-12-25)24-10-13-26-27(18-24)29-20-31(28(26)32)17-14-21-4-6-22(7-5-21)19-30-15-2-3-16-30/h4-13,18,20H,2-3,14-17,19H2,1H3. The van der Waals surface area contributed by atoms with E-state index in [1.807, 2.05) is 42.5 Å². The van der Waals surface area contributed by atoms with Gasteiger partial charge in [-0.05, 0) is 78.9 Å². The minimum Gasteiger partial charge on any atom is -0.497 e. The predicted octanol–water partition coefficient (Wildman–Crippen LogP) is 4.91. The van der Waals surface area contributed by atoms with E-state index in [1.54, 1.807) is 18.0 Å². The maximum atomic E-state index is 13.0. The molecule has 0 aliphatic carbocycles. The molecule has 0 amide bonds. The summed E-state index contributed by atoms with van der Waals surface area (Å²) in [6, 6.07) is 22.5. The molecular weight excluding hydrogens is 410 g/mol. The largest absolute Gasteiger partial charge is 0.497 e. The van der Waals surface area contributed by atoms with Gasteiger partial charge in [-0.15, -0.1) is 0 Å². The second-order valence-corrected chi connectivity index (χ2v) is 8.75. The van der Waals surface area contributed by atoms with E-state index in [2.05, 4.69) is 34.1 Å². The maximum Gasteiger partial charge on any atom is 0.261 e. The third-order valence-corrected chi connectivity index (χ3v) is 6.52. The SMILES string of the molecule is COc1ccc(-c2ccc3c(=O)n(CCc4ccc(CN5CCCC5)cc4)cnc3c2)cc1. The van der Waals surface area contributed by atoms with Crippen molar-refractivity contribution >= 4 is 10.9 Å². The van der Waals surface area contributed by atoms with Gasteiger partial charge >= 0.3 is 0 Å². The number of likely N-dealkylation sites (tertiary alicyclic amines) is 1. The molecule has 3 aromatic carbocycles. The van der Waals surface area contributed by atoms with Crippen LogP contribution in [0.2, 0.25) is 0 Å². The molecule has 5 heteroatoms. The zero-order valence-electron chi connectivity index (χ0n) is 19.0. The third-order valence-electron chi connectivity index (χ3n) is 6.52. The number of hydrogen-bond acceptors (Lipinski definition) is 4. The van der Waals surface area contributed by atoms with Crippen LogP contribution in [-0.4, -0.2) is 34.7 Å². The summed E-state index contributed by atoms with van der Waals surface area (Å²) in [5.74, 6) is 0.821. The fraction of sp³-hybridized carbons (Fsp3) is 0.286. The van der Waals surface area contributed by atoms with E-state index in [-0.39, 0.29) is 5.56 Å². The molecule has 1 aliphatic rings. The Balaban J connectivity index is 1.28. The Morgan fingerprint density at radius 3 is 2.30 bits per heavy atom. The monoisotopic (exact) mass is 439 g/mol. The predicted molar refractivity (Wildman–Crippen MR) is 133 cm³/mol. The van der Waals surface area contributed by atoms with Crippen molar-refractivity contribution in [2.45, 2.75) is 32.4 Å². The van der Waals surface area contributed by atoms with Gasteiger partial charge in [0.2, 0.25) is 0 Å². The van der Waals surface area contributed by atoms with Gasteiger partial charge in [-0.1, -0.05) is 42.5 Å². The Kier molecular flexibility index (Phi) is 6.22. The Morgan fingerprint density at radius 2 is 1.58 bits per heavy atom. The highest BCUT2D eigenvalue weighted by Crippen LogP contribution is 2.24. The highest BCUT2D eigenvalue weighted by molar-refractivity contribution is 5.83. The average Bonchev–Trinajstić information content (AvgIpc) is 3.37. The second-order valence-electron chi connectivity index (χ2n) is 8.75. The van der Waals surface area contributed by atoms with Crippen LogP contribution in [0.3, 0.4) is 0 Å². The average molecular weight is 440 g/mol. The normalized spacial score (nSPS) is 14.1.